The molecule has 0 amide bonds. The summed E-state index contributed by atoms with van der Waals surface area (Å²) >= 11 is 0. The van der Waals surface area contributed by atoms with Crippen molar-refractivity contribution in [3.8, 4) is 5.75 Å². The maximum absolute atomic E-state index is 9.55. The van der Waals surface area contributed by atoms with Crippen LogP contribution in [-0.2, 0) is 9.59 Å². The van der Waals surface area contributed by atoms with Gasteiger partial charge in [-0.1, -0.05) is 18.2 Å². The largest absolute Gasteiger partial charge is 0.497 e. The van der Waals surface area contributed by atoms with E-state index in [1.165, 1.54) is 30.4 Å². The lowest BCUT2D eigenvalue weighted by atomic mass is 9.95. The average Bonchev–Trinajstić information content (AvgIpc) is 2.81. The Bertz CT molecular complexity index is 662. The first kappa shape index (κ1) is 18.7. The van der Waals surface area contributed by atoms with Crippen LogP contribution in [0, 0.1) is 0 Å². The highest BCUT2D eigenvalue weighted by Crippen LogP contribution is 2.37. The summed E-state index contributed by atoms with van der Waals surface area (Å²) < 4.78 is 5.20. The lowest BCUT2D eigenvalue weighted by Crippen LogP contribution is -2.34. The molecule has 0 spiro atoms. The van der Waals surface area contributed by atoms with E-state index in [1.807, 2.05) is 0 Å². The monoisotopic (exact) mass is 345 g/mol. The molecule has 1 fully saturated rings. The van der Waals surface area contributed by atoms with Gasteiger partial charge in [0.25, 0.3) is 0 Å². The Kier molecular flexibility index (Phi) is 6.36. The Labute approximate surface area is 147 Å². The Morgan fingerprint density at radius 3 is 2.20 bits per heavy atom. The van der Waals surface area contributed by atoms with Crippen LogP contribution in [0.5, 0.6) is 5.75 Å². The van der Waals surface area contributed by atoms with Gasteiger partial charge in [-0.25, -0.2) is 9.59 Å². The number of aliphatic carboxylic acids is 2. The fourth-order valence-electron chi connectivity index (χ4n) is 3.20. The van der Waals surface area contributed by atoms with E-state index in [0.29, 0.717) is 18.2 Å². The number of carbonyl (C=O) groups is 2. The first-order valence-electron chi connectivity index (χ1n) is 8.11. The molecule has 25 heavy (non-hydrogen) atoms. The number of carboxylic acids is 2. The summed E-state index contributed by atoms with van der Waals surface area (Å²) in [5, 5.41) is 15.6. The molecule has 2 unspecified atom stereocenters. The number of hydrogen-bond acceptors (Lipinski definition) is 4. The smallest absolute Gasteiger partial charge is 0.328 e. The van der Waals surface area contributed by atoms with E-state index < -0.39 is 11.9 Å². The molecule has 6 nitrogen and oxygen atoms in total. The van der Waals surface area contributed by atoms with Gasteiger partial charge in [0.2, 0.25) is 0 Å². The number of ether oxygens (including phenoxy) is 1. The van der Waals surface area contributed by atoms with Crippen molar-refractivity contribution < 1.29 is 24.5 Å². The molecule has 1 saturated heterocycles. The fourth-order valence-corrected chi connectivity index (χ4v) is 3.20. The van der Waals surface area contributed by atoms with Crippen molar-refractivity contribution in [2.24, 2.45) is 0 Å². The number of nitrogens with zero attached hydrogens (tertiary/aromatic N) is 1. The first-order valence-corrected chi connectivity index (χ1v) is 8.11. The zero-order valence-corrected chi connectivity index (χ0v) is 14.4. The number of fused-ring (bicyclic) bond motifs is 2. The lowest BCUT2D eigenvalue weighted by molar-refractivity contribution is -0.134. The highest BCUT2D eigenvalue weighted by molar-refractivity contribution is 5.89. The summed E-state index contributed by atoms with van der Waals surface area (Å²) in [5.74, 6) is -1.58. The lowest BCUT2D eigenvalue weighted by Gasteiger charge is -2.30. The van der Waals surface area contributed by atoms with Gasteiger partial charge in [0.1, 0.15) is 5.75 Å². The van der Waals surface area contributed by atoms with Gasteiger partial charge < -0.3 is 14.9 Å². The number of hydrogen-bond donors (Lipinski definition) is 2. The Morgan fingerprint density at radius 2 is 1.72 bits per heavy atom. The van der Waals surface area contributed by atoms with Crippen molar-refractivity contribution in [1.29, 1.82) is 0 Å². The van der Waals surface area contributed by atoms with Crippen LogP contribution in [0.15, 0.2) is 42.5 Å². The average molecular weight is 345 g/mol. The minimum Gasteiger partial charge on any atom is -0.497 e. The van der Waals surface area contributed by atoms with E-state index in [0.717, 1.165) is 11.8 Å². The number of likely N-dealkylation sites (N-methyl/N-ethyl adjacent to an activating group) is 1. The summed E-state index contributed by atoms with van der Waals surface area (Å²) in [6.45, 7) is 0. The first-order chi connectivity index (χ1) is 11.9. The van der Waals surface area contributed by atoms with Crippen LogP contribution in [0.2, 0.25) is 0 Å². The maximum Gasteiger partial charge on any atom is 0.328 e. The van der Waals surface area contributed by atoms with Crippen molar-refractivity contribution in [2.75, 3.05) is 14.2 Å². The van der Waals surface area contributed by atoms with Gasteiger partial charge in [0.05, 0.1) is 7.11 Å². The van der Waals surface area contributed by atoms with Crippen LogP contribution in [-0.4, -0.2) is 53.3 Å². The summed E-state index contributed by atoms with van der Waals surface area (Å²) in [6.07, 6.45) is 7.42. The molecule has 6 heteroatoms. The van der Waals surface area contributed by atoms with Crippen molar-refractivity contribution in [2.45, 2.75) is 31.3 Å². The third-order valence-corrected chi connectivity index (χ3v) is 4.57. The van der Waals surface area contributed by atoms with Gasteiger partial charge in [-0.3, -0.25) is 4.90 Å². The van der Waals surface area contributed by atoms with Gasteiger partial charge in [0, 0.05) is 24.2 Å². The van der Waals surface area contributed by atoms with E-state index in [2.05, 4.69) is 42.3 Å². The SMILES string of the molecule is COc1ccc(C2=CC3CCC(C2)N3C)cc1.O=C(O)/C=C/C(=O)O. The second-order valence-corrected chi connectivity index (χ2v) is 6.10. The van der Waals surface area contributed by atoms with Crippen molar-refractivity contribution in [3.63, 3.8) is 0 Å². The topological polar surface area (TPSA) is 87.1 Å². The van der Waals surface area contributed by atoms with Gasteiger partial charge in [-0.2, -0.15) is 0 Å². The molecule has 2 heterocycles. The molecular weight excluding hydrogens is 322 g/mol. The Morgan fingerprint density at radius 1 is 1.12 bits per heavy atom. The Hall–Kier alpha value is -2.60. The number of rotatable bonds is 4. The third kappa shape index (κ3) is 5.19. The number of benzene rings is 1. The summed E-state index contributed by atoms with van der Waals surface area (Å²) in [5.41, 5.74) is 2.87. The zero-order valence-electron chi connectivity index (χ0n) is 14.4. The fraction of sp³-hybridized carbons (Fsp3) is 0.368. The molecule has 2 bridgehead atoms. The summed E-state index contributed by atoms with van der Waals surface area (Å²) in [4.78, 5) is 21.6. The van der Waals surface area contributed by atoms with Crippen LogP contribution in [0.3, 0.4) is 0 Å². The summed E-state index contributed by atoms with van der Waals surface area (Å²) in [6, 6.07) is 9.87. The third-order valence-electron chi connectivity index (χ3n) is 4.57. The van der Waals surface area contributed by atoms with Crippen molar-refractivity contribution in [1.82, 2.24) is 4.90 Å². The van der Waals surface area contributed by atoms with Crippen LogP contribution >= 0.6 is 0 Å². The minimum absolute atomic E-state index is 0.558. The molecule has 0 aromatic heterocycles. The Balaban J connectivity index is 0.000000242. The predicted molar refractivity (Wildman–Crippen MR) is 94.6 cm³/mol. The molecule has 0 aliphatic carbocycles. The van der Waals surface area contributed by atoms with Gasteiger partial charge in [-0.15, -0.1) is 0 Å². The molecule has 134 valence electrons. The van der Waals surface area contributed by atoms with Gasteiger partial charge in [-0.05, 0) is 49.6 Å². The molecule has 2 aliphatic rings. The molecule has 1 aromatic carbocycles. The molecule has 0 radical (unpaired) electrons. The van der Waals surface area contributed by atoms with E-state index in [-0.39, 0.29) is 0 Å². The molecule has 1 aromatic rings. The van der Waals surface area contributed by atoms with Crippen molar-refractivity contribution >= 4 is 17.5 Å². The van der Waals surface area contributed by atoms with E-state index in [4.69, 9.17) is 14.9 Å². The van der Waals surface area contributed by atoms with Crippen LogP contribution in [0.25, 0.3) is 5.57 Å². The maximum atomic E-state index is 9.55. The molecule has 3 rings (SSSR count). The van der Waals surface area contributed by atoms with Crippen molar-refractivity contribution in [3.05, 3.63) is 48.1 Å². The zero-order chi connectivity index (χ0) is 18.4. The second-order valence-electron chi connectivity index (χ2n) is 6.10. The van der Waals surface area contributed by atoms with Crippen LogP contribution in [0.1, 0.15) is 24.8 Å². The van der Waals surface area contributed by atoms with Gasteiger partial charge in [0.15, 0.2) is 0 Å². The number of carboxylic acid groups (broad SMARTS) is 2. The predicted octanol–water partition coefficient (Wildman–Crippen LogP) is 2.66. The summed E-state index contributed by atoms with van der Waals surface area (Å²) in [7, 11) is 3.97. The highest BCUT2D eigenvalue weighted by atomic mass is 16.5. The number of methoxy groups -OCH3 is 1. The minimum atomic E-state index is -1.26. The standard InChI is InChI=1S/C15H19NO.C4H4O4/c1-16-13-5-6-14(16)10-12(9-13)11-3-7-15(17-2)8-4-11;5-3(6)1-2-4(7)8/h3-4,7-9,13-14H,5-6,10H2,1-2H3;1-2H,(H,5,6)(H,7,8)/b;2-1+. The normalized spacial score (nSPS) is 22.1. The molecule has 2 N–H and O–H groups in total. The molecule has 2 aliphatic heterocycles. The highest BCUT2D eigenvalue weighted by Gasteiger charge is 2.33. The molecule has 0 saturated carbocycles. The van der Waals surface area contributed by atoms with Gasteiger partial charge >= 0.3 is 11.9 Å². The molecule has 2 atom stereocenters. The quantitative estimate of drug-likeness (QED) is 0.816. The van der Waals surface area contributed by atoms with Crippen LogP contribution < -0.4 is 4.74 Å². The van der Waals surface area contributed by atoms with Crippen LogP contribution in [0.4, 0.5) is 0 Å². The van der Waals surface area contributed by atoms with E-state index >= 15 is 0 Å². The second kappa shape index (κ2) is 8.48. The van der Waals surface area contributed by atoms with E-state index in [1.54, 1.807) is 7.11 Å². The molecular formula is C19H23NO5. The van der Waals surface area contributed by atoms with E-state index in [9.17, 15) is 9.59 Å².